The molecule has 2 aromatic carbocycles. The van der Waals surface area contributed by atoms with Crippen molar-refractivity contribution in [3.05, 3.63) is 54.1 Å². The third kappa shape index (κ3) is 11.1. The van der Waals surface area contributed by atoms with Gasteiger partial charge in [-0.2, -0.15) is 0 Å². The number of unbranched alkanes of at least 4 members (excludes halogenated alkanes) is 1. The molecule has 0 aliphatic carbocycles. The summed E-state index contributed by atoms with van der Waals surface area (Å²) >= 11 is 1.86. The van der Waals surface area contributed by atoms with Gasteiger partial charge in [0, 0.05) is 28.7 Å². The fourth-order valence-electron chi connectivity index (χ4n) is 3.60. The Bertz CT molecular complexity index is 978. The van der Waals surface area contributed by atoms with Crippen LogP contribution >= 0.6 is 11.3 Å². The molecule has 0 unspecified atom stereocenters. The second-order valence-electron chi connectivity index (χ2n) is 8.46. The number of ether oxygens (including phenoxy) is 1. The first-order chi connectivity index (χ1) is 17.5. The van der Waals surface area contributed by atoms with E-state index in [2.05, 4.69) is 72.3 Å². The number of thiophene rings is 1. The van der Waals surface area contributed by atoms with Crippen molar-refractivity contribution >= 4 is 27.3 Å². The van der Waals surface area contributed by atoms with E-state index in [9.17, 15) is 0 Å². The zero-order valence-electron chi connectivity index (χ0n) is 23.3. The Kier molecular flexibility index (Phi) is 16.5. The maximum absolute atomic E-state index is 6.11. The number of hydrogen-bond acceptors (Lipinski definition) is 5. The largest absolute Gasteiger partial charge is 0.493 e. The average molecular weight is 513 g/mol. The molecule has 1 aromatic heterocycles. The molecule has 0 saturated heterocycles. The summed E-state index contributed by atoms with van der Waals surface area (Å²) in [4.78, 5) is 7.46. The molecular formula is C30H48N4OS. The Labute approximate surface area is 223 Å². The summed E-state index contributed by atoms with van der Waals surface area (Å²) in [5.74, 6) is 1.63. The van der Waals surface area contributed by atoms with E-state index < -0.39 is 0 Å². The fraction of sp³-hybridized carbons (Fsp3) is 0.500. The molecule has 6 heteroatoms. The van der Waals surface area contributed by atoms with Gasteiger partial charge in [0.05, 0.1) is 12.4 Å². The molecule has 4 N–H and O–H groups in total. The summed E-state index contributed by atoms with van der Waals surface area (Å²) in [7, 11) is 1.66. The van der Waals surface area contributed by atoms with Crippen molar-refractivity contribution < 1.29 is 4.74 Å². The van der Waals surface area contributed by atoms with Crippen LogP contribution in [-0.4, -0.2) is 44.0 Å². The van der Waals surface area contributed by atoms with E-state index in [0.717, 1.165) is 31.8 Å². The molecule has 0 aliphatic rings. The highest BCUT2D eigenvalue weighted by Crippen LogP contribution is 2.35. The van der Waals surface area contributed by atoms with Crippen molar-refractivity contribution in [1.82, 2.24) is 4.90 Å². The average Bonchev–Trinajstić information content (AvgIpc) is 3.34. The summed E-state index contributed by atoms with van der Waals surface area (Å²) in [6, 6.07) is 17.6. The summed E-state index contributed by atoms with van der Waals surface area (Å²) in [6.07, 6.45) is 4.51. The molecule has 36 heavy (non-hydrogen) atoms. The number of amidine groups is 1. The van der Waals surface area contributed by atoms with Gasteiger partial charge in [0.1, 0.15) is 5.75 Å². The normalized spacial score (nSPS) is 11.1. The number of fused-ring (bicyclic) bond motifs is 1. The van der Waals surface area contributed by atoms with Crippen LogP contribution in [0.4, 0.5) is 0 Å². The molecule has 0 aliphatic heterocycles. The van der Waals surface area contributed by atoms with Crippen LogP contribution in [0.15, 0.2) is 53.5 Å². The molecule has 3 aromatic rings. The summed E-state index contributed by atoms with van der Waals surface area (Å²) < 4.78 is 7.44. The molecule has 0 amide bonds. The quantitative estimate of drug-likeness (QED) is 0.151. The zero-order valence-corrected chi connectivity index (χ0v) is 24.2. The van der Waals surface area contributed by atoms with E-state index >= 15 is 0 Å². The lowest BCUT2D eigenvalue weighted by Crippen LogP contribution is -2.25. The predicted molar refractivity (Wildman–Crippen MR) is 161 cm³/mol. The SMILES string of the molecule is CC.CCCCN(CCC)Cc1cc(-c2cc3ccccc3s2)ccc1OCCCN.CN=C(C)N. The molecule has 0 atom stereocenters. The van der Waals surface area contributed by atoms with Gasteiger partial charge in [0.25, 0.3) is 0 Å². The summed E-state index contributed by atoms with van der Waals surface area (Å²) in [5, 5.41) is 1.31. The molecule has 0 bridgehead atoms. The first-order valence-corrected chi connectivity index (χ1v) is 14.2. The van der Waals surface area contributed by atoms with Gasteiger partial charge in [-0.15, -0.1) is 11.3 Å². The fourth-order valence-corrected chi connectivity index (χ4v) is 4.65. The molecule has 0 radical (unpaired) electrons. The van der Waals surface area contributed by atoms with Gasteiger partial charge in [-0.1, -0.05) is 52.3 Å². The van der Waals surface area contributed by atoms with E-state index in [1.165, 1.54) is 45.4 Å². The van der Waals surface area contributed by atoms with E-state index in [1.54, 1.807) is 14.0 Å². The molecule has 200 valence electrons. The second-order valence-corrected chi connectivity index (χ2v) is 9.54. The highest BCUT2D eigenvalue weighted by Gasteiger charge is 2.13. The minimum absolute atomic E-state index is 0.630. The van der Waals surface area contributed by atoms with Crippen LogP contribution in [0.2, 0.25) is 0 Å². The molecule has 0 fully saturated rings. The minimum Gasteiger partial charge on any atom is -0.493 e. The van der Waals surface area contributed by atoms with Crippen LogP contribution < -0.4 is 16.2 Å². The van der Waals surface area contributed by atoms with E-state index in [4.69, 9.17) is 16.2 Å². The molecule has 1 heterocycles. The molecular weight excluding hydrogens is 464 g/mol. The third-order valence-corrected chi connectivity index (χ3v) is 6.66. The van der Waals surface area contributed by atoms with Crippen molar-refractivity contribution in [1.29, 1.82) is 0 Å². The smallest absolute Gasteiger partial charge is 0.123 e. The van der Waals surface area contributed by atoms with Crippen LogP contribution in [0.3, 0.4) is 0 Å². The van der Waals surface area contributed by atoms with Gasteiger partial charge in [-0.25, -0.2) is 0 Å². The van der Waals surface area contributed by atoms with Crippen molar-refractivity contribution in [2.45, 2.75) is 66.8 Å². The summed E-state index contributed by atoms with van der Waals surface area (Å²) in [5.41, 5.74) is 13.3. The number of rotatable bonds is 12. The van der Waals surface area contributed by atoms with E-state index in [0.29, 0.717) is 19.0 Å². The van der Waals surface area contributed by atoms with Crippen LogP contribution in [0.5, 0.6) is 5.75 Å². The lowest BCUT2D eigenvalue weighted by atomic mass is 10.1. The number of aliphatic imine (C=N–C) groups is 1. The number of hydrogen-bond donors (Lipinski definition) is 2. The number of nitrogens with two attached hydrogens (primary N) is 2. The van der Waals surface area contributed by atoms with Gasteiger partial charge < -0.3 is 16.2 Å². The maximum Gasteiger partial charge on any atom is 0.123 e. The van der Waals surface area contributed by atoms with Gasteiger partial charge in [-0.3, -0.25) is 9.89 Å². The zero-order chi connectivity index (χ0) is 26.8. The highest BCUT2D eigenvalue weighted by atomic mass is 32.1. The first kappa shape index (κ1) is 31.6. The Balaban J connectivity index is 0.000000826. The van der Waals surface area contributed by atoms with Crippen molar-refractivity contribution in [3.8, 4) is 16.2 Å². The topological polar surface area (TPSA) is 76.9 Å². The van der Waals surface area contributed by atoms with Crippen LogP contribution in [0.25, 0.3) is 20.5 Å². The van der Waals surface area contributed by atoms with Gasteiger partial charge in [0.15, 0.2) is 0 Å². The maximum atomic E-state index is 6.11. The van der Waals surface area contributed by atoms with Gasteiger partial charge >= 0.3 is 0 Å². The van der Waals surface area contributed by atoms with Crippen molar-refractivity contribution in [2.75, 3.05) is 33.3 Å². The summed E-state index contributed by atoms with van der Waals surface area (Å²) in [6.45, 7) is 14.8. The Hall–Kier alpha value is -2.41. The Morgan fingerprint density at radius 3 is 2.33 bits per heavy atom. The lowest BCUT2D eigenvalue weighted by Gasteiger charge is -2.23. The monoisotopic (exact) mass is 512 g/mol. The molecule has 0 spiro atoms. The van der Waals surface area contributed by atoms with E-state index in [1.807, 2.05) is 25.2 Å². The van der Waals surface area contributed by atoms with Gasteiger partial charge in [-0.05, 0) is 87.1 Å². The molecule has 3 rings (SSSR count). The molecule has 5 nitrogen and oxygen atoms in total. The van der Waals surface area contributed by atoms with Crippen LogP contribution in [-0.2, 0) is 6.54 Å². The Morgan fingerprint density at radius 2 is 1.72 bits per heavy atom. The van der Waals surface area contributed by atoms with Crippen molar-refractivity contribution in [2.24, 2.45) is 16.5 Å². The minimum atomic E-state index is 0.630. The molecule has 0 saturated carbocycles. The first-order valence-electron chi connectivity index (χ1n) is 13.4. The van der Waals surface area contributed by atoms with Crippen LogP contribution in [0.1, 0.15) is 65.9 Å². The lowest BCUT2D eigenvalue weighted by molar-refractivity contribution is 0.251. The third-order valence-electron chi connectivity index (χ3n) is 5.49. The highest BCUT2D eigenvalue weighted by molar-refractivity contribution is 7.22. The Morgan fingerprint density at radius 1 is 1.00 bits per heavy atom. The standard InChI is InChI=1S/C25H34N2OS.C3H8N2.C2H6/c1-3-5-15-27(14-4-2)19-22-17-21(11-12-23(22)28-16-8-13-26)25-18-20-9-6-7-10-24(20)29-25;1-3(4)5-2;1-2/h6-7,9-12,17-18H,3-5,8,13-16,19,26H2,1-2H3;1-2H3,(H2,4,5);1-2H3. The number of nitrogens with zero attached hydrogens (tertiary/aromatic N) is 2. The van der Waals surface area contributed by atoms with E-state index in [-0.39, 0.29) is 0 Å². The second kappa shape index (κ2) is 18.8. The number of benzene rings is 2. The predicted octanol–water partition coefficient (Wildman–Crippen LogP) is 7.33. The van der Waals surface area contributed by atoms with Gasteiger partial charge in [0.2, 0.25) is 0 Å². The van der Waals surface area contributed by atoms with Crippen LogP contribution in [0, 0.1) is 0 Å². The van der Waals surface area contributed by atoms with Crippen molar-refractivity contribution in [3.63, 3.8) is 0 Å².